The second-order valence-electron chi connectivity index (χ2n) is 3.29. The standard InChI is InChI=1S/C9H12N4O2S/c1-5-7(16-4-11-5)9-12-8(13-15-9)6(10)3-14-2/h4,6H,3,10H2,1-2H3. The summed E-state index contributed by atoms with van der Waals surface area (Å²) in [5, 5.41) is 3.82. The van der Waals surface area contributed by atoms with E-state index < -0.39 is 0 Å². The Balaban J connectivity index is 2.23. The first-order valence-corrected chi connectivity index (χ1v) is 5.59. The van der Waals surface area contributed by atoms with Crippen LogP contribution in [0, 0.1) is 6.92 Å². The molecule has 86 valence electrons. The molecule has 2 rings (SSSR count). The summed E-state index contributed by atoms with van der Waals surface area (Å²) >= 11 is 1.46. The van der Waals surface area contributed by atoms with E-state index in [0.717, 1.165) is 10.6 Å². The van der Waals surface area contributed by atoms with Crippen molar-refractivity contribution in [2.45, 2.75) is 13.0 Å². The largest absolute Gasteiger partial charge is 0.383 e. The molecule has 0 aliphatic heterocycles. The molecule has 0 saturated heterocycles. The molecule has 1 unspecified atom stereocenters. The second kappa shape index (κ2) is 4.69. The lowest BCUT2D eigenvalue weighted by Crippen LogP contribution is -2.17. The number of rotatable bonds is 4. The van der Waals surface area contributed by atoms with Crippen molar-refractivity contribution >= 4 is 11.3 Å². The molecule has 0 spiro atoms. The average Bonchev–Trinajstić information content (AvgIpc) is 2.86. The fraction of sp³-hybridized carbons (Fsp3) is 0.444. The fourth-order valence-corrected chi connectivity index (χ4v) is 1.96. The second-order valence-corrected chi connectivity index (χ2v) is 4.14. The molecule has 0 aliphatic rings. The molecular weight excluding hydrogens is 228 g/mol. The number of nitrogens with zero attached hydrogens (tertiary/aromatic N) is 3. The summed E-state index contributed by atoms with van der Waals surface area (Å²) in [4.78, 5) is 9.22. The van der Waals surface area contributed by atoms with E-state index in [1.165, 1.54) is 11.3 Å². The van der Waals surface area contributed by atoms with E-state index in [1.54, 1.807) is 12.6 Å². The van der Waals surface area contributed by atoms with E-state index in [0.29, 0.717) is 18.3 Å². The maximum Gasteiger partial charge on any atom is 0.269 e. The summed E-state index contributed by atoms with van der Waals surface area (Å²) in [6.45, 7) is 2.26. The van der Waals surface area contributed by atoms with Gasteiger partial charge in [-0.05, 0) is 6.92 Å². The van der Waals surface area contributed by atoms with E-state index in [1.807, 2.05) is 6.92 Å². The van der Waals surface area contributed by atoms with Gasteiger partial charge in [-0.1, -0.05) is 5.16 Å². The zero-order valence-electron chi connectivity index (χ0n) is 9.01. The zero-order chi connectivity index (χ0) is 11.5. The number of ether oxygens (including phenoxy) is 1. The van der Waals surface area contributed by atoms with Crippen LogP contribution >= 0.6 is 11.3 Å². The quantitative estimate of drug-likeness (QED) is 0.862. The average molecular weight is 240 g/mol. The molecule has 0 aliphatic carbocycles. The van der Waals surface area contributed by atoms with Gasteiger partial charge >= 0.3 is 0 Å². The maximum absolute atomic E-state index is 5.79. The lowest BCUT2D eigenvalue weighted by atomic mass is 10.3. The lowest BCUT2D eigenvalue weighted by Gasteiger charge is -2.02. The van der Waals surface area contributed by atoms with Crippen LogP contribution in [0.25, 0.3) is 10.8 Å². The molecule has 0 bridgehead atoms. The van der Waals surface area contributed by atoms with Gasteiger partial charge in [-0.3, -0.25) is 0 Å². The van der Waals surface area contributed by atoms with Gasteiger partial charge in [0.05, 0.1) is 23.9 Å². The van der Waals surface area contributed by atoms with Crippen molar-refractivity contribution in [3.05, 3.63) is 17.0 Å². The van der Waals surface area contributed by atoms with Crippen molar-refractivity contribution in [3.63, 3.8) is 0 Å². The van der Waals surface area contributed by atoms with Crippen molar-refractivity contribution in [2.24, 2.45) is 5.73 Å². The molecule has 0 fully saturated rings. The van der Waals surface area contributed by atoms with Gasteiger partial charge in [-0.2, -0.15) is 4.98 Å². The van der Waals surface area contributed by atoms with Gasteiger partial charge in [-0.15, -0.1) is 11.3 Å². The van der Waals surface area contributed by atoms with Gasteiger partial charge < -0.3 is 15.0 Å². The minimum atomic E-state index is -0.365. The van der Waals surface area contributed by atoms with Crippen molar-refractivity contribution in [2.75, 3.05) is 13.7 Å². The van der Waals surface area contributed by atoms with E-state index in [-0.39, 0.29) is 6.04 Å². The minimum absolute atomic E-state index is 0.362. The van der Waals surface area contributed by atoms with Crippen molar-refractivity contribution in [1.29, 1.82) is 0 Å². The first-order chi connectivity index (χ1) is 7.72. The number of thiazole rings is 1. The normalized spacial score (nSPS) is 12.9. The van der Waals surface area contributed by atoms with E-state index in [2.05, 4.69) is 15.1 Å². The van der Waals surface area contributed by atoms with Crippen LogP contribution in [0.2, 0.25) is 0 Å². The predicted molar refractivity (Wildman–Crippen MR) is 58.9 cm³/mol. The van der Waals surface area contributed by atoms with Crippen molar-refractivity contribution < 1.29 is 9.26 Å². The molecule has 6 nitrogen and oxygen atoms in total. The van der Waals surface area contributed by atoms with Crippen LogP contribution in [0.5, 0.6) is 0 Å². The third-order valence-corrected chi connectivity index (χ3v) is 2.98. The highest BCUT2D eigenvalue weighted by Crippen LogP contribution is 2.25. The number of aromatic nitrogens is 3. The first kappa shape index (κ1) is 11.2. The Hall–Kier alpha value is -1.31. The van der Waals surface area contributed by atoms with Crippen LogP contribution in [0.15, 0.2) is 10.0 Å². The van der Waals surface area contributed by atoms with Gasteiger partial charge in [0, 0.05) is 7.11 Å². The first-order valence-electron chi connectivity index (χ1n) is 4.71. The molecule has 16 heavy (non-hydrogen) atoms. The third kappa shape index (κ3) is 2.11. The molecule has 2 N–H and O–H groups in total. The Bertz CT molecular complexity index is 468. The van der Waals surface area contributed by atoms with Crippen molar-refractivity contribution in [1.82, 2.24) is 15.1 Å². The van der Waals surface area contributed by atoms with Crippen molar-refractivity contribution in [3.8, 4) is 10.8 Å². The van der Waals surface area contributed by atoms with Gasteiger partial charge in [0.25, 0.3) is 5.89 Å². The molecule has 1 atom stereocenters. The number of nitrogens with two attached hydrogens (primary N) is 1. The van der Waals surface area contributed by atoms with Gasteiger partial charge in [-0.25, -0.2) is 4.98 Å². The van der Waals surface area contributed by atoms with Crippen LogP contribution in [-0.4, -0.2) is 28.8 Å². The predicted octanol–water partition coefficient (Wildman–Crippen LogP) is 1.15. The van der Waals surface area contributed by atoms with E-state index in [4.69, 9.17) is 15.0 Å². The minimum Gasteiger partial charge on any atom is -0.383 e. The number of hydrogen-bond acceptors (Lipinski definition) is 7. The molecule has 0 aromatic carbocycles. The Morgan fingerprint density at radius 3 is 3.06 bits per heavy atom. The maximum atomic E-state index is 5.79. The van der Waals surface area contributed by atoms with Crippen LogP contribution in [0.4, 0.5) is 0 Å². The summed E-state index contributed by atoms with van der Waals surface area (Å²) in [7, 11) is 1.58. The number of methoxy groups -OCH3 is 1. The third-order valence-electron chi connectivity index (χ3n) is 2.06. The fourth-order valence-electron chi connectivity index (χ4n) is 1.24. The molecule has 7 heteroatoms. The van der Waals surface area contributed by atoms with Gasteiger partial charge in [0.2, 0.25) is 0 Å². The monoisotopic (exact) mass is 240 g/mol. The highest BCUT2D eigenvalue weighted by atomic mass is 32.1. The highest BCUT2D eigenvalue weighted by Gasteiger charge is 2.17. The lowest BCUT2D eigenvalue weighted by molar-refractivity contribution is 0.177. The summed E-state index contributed by atoms with van der Waals surface area (Å²) in [6.07, 6.45) is 0. The van der Waals surface area contributed by atoms with Crippen LogP contribution in [-0.2, 0) is 4.74 Å². The smallest absolute Gasteiger partial charge is 0.269 e. The Kier molecular flexibility index (Phi) is 3.28. The number of aryl methyl sites for hydroxylation is 1. The summed E-state index contributed by atoms with van der Waals surface area (Å²) in [5.74, 6) is 0.909. The molecule has 2 aromatic heterocycles. The number of hydrogen-bond donors (Lipinski definition) is 1. The SMILES string of the molecule is COCC(N)c1noc(-c2scnc2C)n1. The molecule has 2 aromatic rings. The van der Waals surface area contributed by atoms with Gasteiger partial charge in [0.1, 0.15) is 4.88 Å². The van der Waals surface area contributed by atoms with E-state index >= 15 is 0 Å². The van der Waals surface area contributed by atoms with E-state index in [9.17, 15) is 0 Å². The van der Waals surface area contributed by atoms with Crippen LogP contribution < -0.4 is 5.73 Å². The molecule has 0 radical (unpaired) electrons. The van der Waals surface area contributed by atoms with Gasteiger partial charge in [0.15, 0.2) is 5.82 Å². The summed E-state index contributed by atoms with van der Waals surface area (Å²) in [5.41, 5.74) is 8.40. The Morgan fingerprint density at radius 1 is 1.62 bits per heavy atom. The Morgan fingerprint density at radius 2 is 2.44 bits per heavy atom. The molecule has 0 saturated carbocycles. The van der Waals surface area contributed by atoms with Crippen LogP contribution in [0.1, 0.15) is 17.6 Å². The topological polar surface area (TPSA) is 87.1 Å². The highest BCUT2D eigenvalue weighted by molar-refractivity contribution is 7.13. The van der Waals surface area contributed by atoms with Crippen LogP contribution in [0.3, 0.4) is 0 Å². The summed E-state index contributed by atoms with van der Waals surface area (Å²) < 4.78 is 10.1. The molecular formula is C9H12N4O2S. The molecule has 0 amide bonds. The Labute approximate surface area is 96.4 Å². The summed E-state index contributed by atoms with van der Waals surface area (Å²) in [6, 6.07) is -0.365. The molecule has 2 heterocycles. The zero-order valence-corrected chi connectivity index (χ0v) is 9.82.